The molecule has 0 saturated carbocycles. The number of rotatable bonds is 1. The summed E-state index contributed by atoms with van der Waals surface area (Å²) in [6.45, 7) is 6.89. The molecular weight excluding hydrogens is 126 g/mol. The molecule has 10 heavy (non-hydrogen) atoms. The first-order valence-corrected chi connectivity index (χ1v) is 4.18. The highest BCUT2D eigenvalue weighted by Gasteiger charge is 2.30. The van der Waals surface area contributed by atoms with Crippen molar-refractivity contribution in [3.05, 3.63) is 0 Å². The van der Waals surface area contributed by atoms with E-state index >= 15 is 0 Å². The fraction of sp³-hybridized carbons (Fsp3) is 1.00. The highest BCUT2D eigenvalue weighted by Crippen LogP contribution is 2.20. The average molecular weight is 141 g/mol. The first kappa shape index (κ1) is 6.62. The Morgan fingerprint density at radius 3 is 2.60 bits per heavy atom. The maximum Gasteiger partial charge on any atom is 0.0645 e. The zero-order chi connectivity index (χ0) is 6.97. The van der Waals surface area contributed by atoms with Crippen molar-refractivity contribution in [1.29, 1.82) is 0 Å². The summed E-state index contributed by atoms with van der Waals surface area (Å²) in [5.74, 6) is 0.917. The molecule has 0 radical (unpaired) electrons. The number of hydrogen-bond acceptors (Lipinski definition) is 2. The van der Waals surface area contributed by atoms with Crippen molar-refractivity contribution in [2.24, 2.45) is 5.92 Å². The van der Waals surface area contributed by atoms with Crippen LogP contribution in [0.1, 0.15) is 13.3 Å². The molecule has 2 saturated heterocycles. The lowest BCUT2D eigenvalue weighted by Crippen LogP contribution is -2.47. The van der Waals surface area contributed by atoms with Crippen molar-refractivity contribution in [3.63, 3.8) is 0 Å². The topological polar surface area (TPSA) is 12.5 Å². The Labute approximate surface area is 62.2 Å². The molecule has 0 aromatic rings. The van der Waals surface area contributed by atoms with E-state index in [4.69, 9.17) is 4.74 Å². The van der Waals surface area contributed by atoms with Crippen LogP contribution in [0.5, 0.6) is 0 Å². The van der Waals surface area contributed by atoms with E-state index in [1.807, 2.05) is 0 Å². The minimum Gasteiger partial charge on any atom is -0.378 e. The van der Waals surface area contributed by atoms with Gasteiger partial charge in [-0.05, 0) is 18.9 Å². The van der Waals surface area contributed by atoms with Gasteiger partial charge >= 0.3 is 0 Å². The third-order valence-corrected chi connectivity index (χ3v) is 2.59. The Morgan fingerprint density at radius 1 is 1.40 bits per heavy atom. The maximum absolute atomic E-state index is 5.14. The van der Waals surface area contributed by atoms with Gasteiger partial charge in [0, 0.05) is 6.54 Å². The summed E-state index contributed by atoms with van der Waals surface area (Å²) in [4.78, 5) is 2.56. The zero-order valence-corrected chi connectivity index (χ0v) is 6.55. The molecule has 0 spiro atoms. The standard InChI is InChI=1S/C8H15NO/c1-7-2-3-9(4-7)8-5-10-6-8/h7-8H,2-6H2,1H3/t7-/m1/s1. The molecule has 2 fully saturated rings. The molecule has 2 heteroatoms. The number of hydrogen-bond donors (Lipinski definition) is 0. The highest BCUT2D eigenvalue weighted by molar-refractivity contribution is 4.83. The van der Waals surface area contributed by atoms with Crippen LogP contribution in [0.2, 0.25) is 0 Å². The summed E-state index contributed by atoms with van der Waals surface area (Å²) in [7, 11) is 0. The van der Waals surface area contributed by atoms with Gasteiger partial charge in [-0.3, -0.25) is 4.90 Å². The van der Waals surface area contributed by atoms with Gasteiger partial charge in [-0.1, -0.05) is 6.92 Å². The Morgan fingerprint density at radius 2 is 2.20 bits per heavy atom. The first-order chi connectivity index (χ1) is 4.86. The minimum atomic E-state index is 0.768. The molecule has 2 nitrogen and oxygen atoms in total. The summed E-state index contributed by atoms with van der Waals surface area (Å²) in [6, 6.07) is 0.768. The summed E-state index contributed by atoms with van der Waals surface area (Å²) in [6.07, 6.45) is 1.39. The van der Waals surface area contributed by atoms with E-state index in [0.717, 1.165) is 25.2 Å². The van der Waals surface area contributed by atoms with Crippen molar-refractivity contribution in [3.8, 4) is 0 Å². The van der Waals surface area contributed by atoms with E-state index in [0.29, 0.717) is 0 Å². The second-order valence-electron chi connectivity index (χ2n) is 3.58. The Balaban J connectivity index is 1.82. The molecule has 1 atom stereocenters. The third-order valence-electron chi connectivity index (χ3n) is 2.59. The van der Waals surface area contributed by atoms with Crippen LogP contribution >= 0.6 is 0 Å². The van der Waals surface area contributed by atoms with Crippen molar-refractivity contribution >= 4 is 0 Å². The molecular formula is C8H15NO. The molecule has 2 heterocycles. The molecule has 0 unspecified atom stereocenters. The molecule has 2 rings (SSSR count). The van der Waals surface area contributed by atoms with Crippen LogP contribution in [0.15, 0.2) is 0 Å². The molecule has 2 aliphatic heterocycles. The normalized spacial score (nSPS) is 36.3. The van der Waals surface area contributed by atoms with Gasteiger partial charge in [0.1, 0.15) is 0 Å². The van der Waals surface area contributed by atoms with E-state index < -0.39 is 0 Å². The van der Waals surface area contributed by atoms with Gasteiger partial charge in [0.2, 0.25) is 0 Å². The van der Waals surface area contributed by atoms with Crippen LogP contribution in [-0.4, -0.2) is 37.2 Å². The van der Waals surface area contributed by atoms with Gasteiger partial charge in [0.05, 0.1) is 19.3 Å². The van der Waals surface area contributed by atoms with E-state index in [1.165, 1.54) is 19.5 Å². The van der Waals surface area contributed by atoms with Crippen LogP contribution < -0.4 is 0 Å². The van der Waals surface area contributed by atoms with Gasteiger partial charge in [0.15, 0.2) is 0 Å². The van der Waals surface area contributed by atoms with Gasteiger partial charge in [-0.2, -0.15) is 0 Å². The second kappa shape index (κ2) is 2.51. The largest absolute Gasteiger partial charge is 0.378 e. The van der Waals surface area contributed by atoms with Gasteiger partial charge in [-0.15, -0.1) is 0 Å². The van der Waals surface area contributed by atoms with Crippen molar-refractivity contribution in [2.45, 2.75) is 19.4 Å². The Hall–Kier alpha value is -0.0800. The Kier molecular flexibility index (Phi) is 1.66. The van der Waals surface area contributed by atoms with Crippen LogP contribution in [-0.2, 0) is 4.74 Å². The van der Waals surface area contributed by atoms with Crippen LogP contribution in [0.4, 0.5) is 0 Å². The van der Waals surface area contributed by atoms with Gasteiger partial charge < -0.3 is 4.74 Å². The monoisotopic (exact) mass is 141 g/mol. The van der Waals surface area contributed by atoms with Crippen molar-refractivity contribution in [1.82, 2.24) is 4.90 Å². The van der Waals surface area contributed by atoms with Crippen molar-refractivity contribution in [2.75, 3.05) is 26.3 Å². The summed E-state index contributed by atoms with van der Waals surface area (Å²) < 4.78 is 5.14. The lowest BCUT2D eigenvalue weighted by molar-refractivity contribution is -0.0578. The highest BCUT2D eigenvalue weighted by atomic mass is 16.5. The fourth-order valence-electron chi connectivity index (χ4n) is 1.73. The molecule has 0 amide bonds. The second-order valence-corrected chi connectivity index (χ2v) is 3.58. The predicted octanol–water partition coefficient (Wildman–Crippen LogP) is 0.727. The lowest BCUT2D eigenvalue weighted by atomic mass is 10.2. The SMILES string of the molecule is C[C@@H]1CCN(C2COC2)C1. The summed E-state index contributed by atoms with van der Waals surface area (Å²) in [5.41, 5.74) is 0. The zero-order valence-electron chi connectivity index (χ0n) is 6.55. The summed E-state index contributed by atoms with van der Waals surface area (Å²) in [5, 5.41) is 0. The number of ether oxygens (including phenoxy) is 1. The smallest absolute Gasteiger partial charge is 0.0645 e. The fourth-order valence-corrected chi connectivity index (χ4v) is 1.73. The average Bonchev–Trinajstić information content (AvgIpc) is 2.10. The molecule has 0 aromatic carbocycles. The van der Waals surface area contributed by atoms with Crippen LogP contribution in [0, 0.1) is 5.92 Å². The van der Waals surface area contributed by atoms with Crippen LogP contribution in [0.25, 0.3) is 0 Å². The number of nitrogens with zero attached hydrogens (tertiary/aromatic N) is 1. The molecule has 0 aliphatic carbocycles. The minimum absolute atomic E-state index is 0.768. The molecule has 0 bridgehead atoms. The third kappa shape index (κ3) is 1.06. The van der Waals surface area contributed by atoms with Gasteiger partial charge in [0.25, 0.3) is 0 Å². The molecule has 0 N–H and O–H groups in total. The Bertz CT molecular complexity index is 122. The predicted molar refractivity (Wildman–Crippen MR) is 40.0 cm³/mol. The molecule has 2 aliphatic rings. The van der Waals surface area contributed by atoms with E-state index in [1.54, 1.807) is 0 Å². The van der Waals surface area contributed by atoms with E-state index in [9.17, 15) is 0 Å². The molecule has 0 aromatic heterocycles. The van der Waals surface area contributed by atoms with E-state index in [-0.39, 0.29) is 0 Å². The quantitative estimate of drug-likeness (QED) is 0.533. The van der Waals surface area contributed by atoms with Crippen molar-refractivity contribution < 1.29 is 4.74 Å². The van der Waals surface area contributed by atoms with E-state index in [2.05, 4.69) is 11.8 Å². The summed E-state index contributed by atoms with van der Waals surface area (Å²) >= 11 is 0. The van der Waals surface area contributed by atoms with Crippen LogP contribution in [0.3, 0.4) is 0 Å². The van der Waals surface area contributed by atoms with Gasteiger partial charge in [-0.25, -0.2) is 0 Å². The lowest BCUT2D eigenvalue weighted by Gasteiger charge is -2.34. The number of likely N-dealkylation sites (tertiary alicyclic amines) is 1. The first-order valence-electron chi connectivity index (χ1n) is 4.18. The molecule has 58 valence electrons. The maximum atomic E-state index is 5.14.